The third kappa shape index (κ3) is 6.15. The van der Waals surface area contributed by atoms with Crippen molar-refractivity contribution in [2.45, 2.75) is 58.2 Å². The molecule has 1 aliphatic rings. The van der Waals surface area contributed by atoms with Gasteiger partial charge >= 0.3 is 6.09 Å². The summed E-state index contributed by atoms with van der Waals surface area (Å²) in [6, 6.07) is 15.9. The molecule has 1 atom stereocenters. The average molecular weight is 642 g/mol. The second-order valence-electron chi connectivity index (χ2n) is 12.4. The van der Waals surface area contributed by atoms with E-state index in [0.29, 0.717) is 70.0 Å². The minimum Gasteiger partial charge on any atom is -0.444 e. The minimum absolute atomic E-state index is 0.0331. The SMILES string of the molecule is CC(Nc1ncnc2[nH]ccc(=O)c12)c1c(Cl)c2cccc(N3CCC(NC(=O)OC(C)(C)C)CC3)c2c(=O)n1-c1ccccc1. The van der Waals surface area contributed by atoms with E-state index >= 15 is 0 Å². The van der Waals surface area contributed by atoms with E-state index in [-0.39, 0.29) is 17.0 Å². The maximum atomic E-state index is 14.6. The number of rotatable bonds is 6. The lowest BCUT2D eigenvalue weighted by Gasteiger charge is -2.35. The van der Waals surface area contributed by atoms with Gasteiger partial charge in [0.15, 0.2) is 5.43 Å². The van der Waals surface area contributed by atoms with Crippen LogP contribution in [0.4, 0.5) is 16.3 Å². The van der Waals surface area contributed by atoms with Gasteiger partial charge in [0.1, 0.15) is 28.8 Å². The quantitative estimate of drug-likeness (QED) is 0.207. The van der Waals surface area contributed by atoms with Crippen molar-refractivity contribution in [3.63, 3.8) is 0 Å². The standard InChI is InChI=1S/C34H36ClN7O4/c1-20(39-31-27-25(43)13-16-36-30(27)37-19-38-31)29-28(35)23-11-8-12-24(26(23)32(44)42(29)22-9-6-5-7-10-22)41-17-14-21(15-18-41)40-33(45)46-34(2,3)4/h5-13,16,19-21H,14-15,17-18H2,1-4H3,(H,40,45)(H2,36,37,38,39,43). The van der Waals surface area contributed by atoms with E-state index in [1.807, 2.05) is 76.2 Å². The van der Waals surface area contributed by atoms with Crippen LogP contribution in [0.2, 0.25) is 5.02 Å². The number of alkyl carbamates (subject to hydrolysis) is 1. The molecule has 1 aliphatic heterocycles. The molecule has 46 heavy (non-hydrogen) atoms. The highest BCUT2D eigenvalue weighted by Crippen LogP contribution is 2.37. The molecule has 5 aromatic rings. The Morgan fingerprint density at radius 1 is 1.02 bits per heavy atom. The Bertz CT molecular complexity index is 2020. The van der Waals surface area contributed by atoms with Crippen LogP contribution >= 0.6 is 11.6 Å². The number of hydrogen-bond acceptors (Lipinski definition) is 8. The van der Waals surface area contributed by atoms with E-state index in [0.717, 1.165) is 5.69 Å². The molecule has 0 bridgehead atoms. The predicted molar refractivity (Wildman–Crippen MR) is 181 cm³/mol. The Labute approximate surface area is 270 Å². The predicted octanol–water partition coefficient (Wildman–Crippen LogP) is 5.94. The Morgan fingerprint density at radius 2 is 1.76 bits per heavy atom. The number of benzene rings is 2. The van der Waals surface area contributed by atoms with Crippen molar-refractivity contribution in [2.75, 3.05) is 23.3 Å². The lowest BCUT2D eigenvalue weighted by molar-refractivity contribution is 0.0497. The Hall–Kier alpha value is -4.90. The third-order valence-electron chi connectivity index (χ3n) is 8.04. The van der Waals surface area contributed by atoms with Crippen LogP contribution in [0.5, 0.6) is 0 Å². The van der Waals surface area contributed by atoms with Crippen LogP contribution in [0.1, 0.15) is 52.3 Å². The molecule has 0 spiro atoms. The fraction of sp³-hybridized carbons (Fsp3) is 0.324. The highest BCUT2D eigenvalue weighted by Gasteiger charge is 2.28. The molecule has 1 fully saturated rings. The van der Waals surface area contributed by atoms with Crippen LogP contribution in [-0.4, -0.2) is 50.3 Å². The molecular weight excluding hydrogens is 606 g/mol. The van der Waals surface area contributed by atoms with Crippen molar-refractivity contribution >= 4 is 51.0 Å². The van der Waals surface area contributed by atoms with Crippen molar-refractivity contribution in [1.82, 2.24) is 24.8 Å². The largest absolute Gasteiger partial charge is 0.444 e. The van der Waals surface area contributed by atoms with Gasteiger partial charge in [-0.15, -0.1) is 0 Å². The normalized spacial score (nSPS) is 14.8. The Kier molecular flexibility index (Phi) is 8.43. The van der Waals surface area contributed by atoms with Gasteiger partial charge in [-0.25, -0.2) is 14.8 Å². The number of pyridine rings is 2. The van der Waals surface area contributed by atoms with Crippen LogP contribution in [0.25, 0.3) is 27.5 Å². The first-order chi connectivity index (χ1) is 22.0. The van der Waals surface area contributed by atoms with Crippen molar-refractivity contribution in [3.8, 4) is 5.69 Å². The summed E-state index contributed by atoms with van der Waals surface area (Å²) in [5, 5.41) is 8.16. The number of aromatic amines is 1. The van der Waals surface area contributed by atoms with Gasteiger partial charge in [-0.05, 0) is 58.7 Å². The van der Waals surface area contributed by atoms with Gasteiger partial charge in [-0.2, -0.15) is 0 Å². The van der Waals surface area contributed by atoms with Crippen LogP contribution < -0.4 is 26.5 Å². The highest BCUT2D eigenvalue weighted by molar-refractivity contribution is 6.36. The summed E-state index contributed by atoms with van der Waals surface area (Å²) < 4.78 is 7.07. The molecule has 3 N–H and O–H groups in total. The Balaban J connectivity index is 1.40. The summed E-state index contributed by atoms with van der Waals surface area (Å²) >= 11 is 7.24. The summed E-state index contributed by atoms with van der Waals surface area (Å²) in [6.45, 7) is 8.66. The van der Waals surface area contributed by atoms with Gasteiger partial charge in [0.2, 0.25) is 0 Å². The van der Waals surface area contributed by atoms with Gasteiger partial charge in [0.05, 0.1) is 27.8 Å². The Morgan fingerprint density at radius 3 is 2.48 bits per heavy atom. The third-order valence-corrected chi connectivity index (χ3v) is 8.44. The highest BCUT2D eigenvalue weighted by atomic mass is 35.5. The molecule has 1 amide bonds. The smallest absolute Gasteiger partial charge is 0.407 e. The van der Waals surface area contributed by atoms with Crippen molar-refractivity contribution in [3.05, 3.63) is 98.4 Å². The summed E-state index contributed by atoms with van der Waals surface area (Å²) in [4.78, 5) is 53.4. The molecule has 4 heterocycles. The van der Waals surface area contributed by atoms with Gasteiger partial charge < -0.3 is 25.3 Å². The van der Waals surface area contributed by atoms with Gasteiger partial charge in [-0.3, -0.25) is 14.2 Å². The summed E-state index contributed by atoms with van der Waals surface area (Å²) in [5.74, 6) is 0.333. The molecule has 12 heteroatoms. The summed E-state index contributed by atoms with van der Waals surface area (Å²) in [6.07, 6.45) is 3.87. The molecule has 238 valence electrons. The number of halogens is 1. The first kappa shape index (κ1) is 31.1. The number of fused-ring (bicyclic) bond motifs is 2. The second kappa shape index (κ2) is 12.5. The molecule has 11 nitrogen and oxygen atoms in total. The van der Waals surface area contributed by atoms with E-state index in [1.54, 1.807) is 4.57 Å². The first-order valence-corrected chi connectivity index (χ1v) is 15.7. The number of ether oxygens (including phenoxy) is 1. The number of nitrogens with zero attached hydrogens (tertiary/aromatic N) is 4. The van der Waals surface area contributed by atoms with Crippen LogP contribution in [0.3, 0.4) is 0 Å². The summed E-state index contributed by atoms with van der Waals surface area (Å²) in [5.41, 5.74) is 1.34. The molecule has 2 aromatic carbocycles. The molecule has 3 aromatic heterocycles. The zero-order valence-corrected chi connectivity index (χ0v) is 26.9. The van der Waals surface area contributed by atoms with E-state index in [2.05, 4.69) is 30.5 Å². The van der Waals surface area contributed by atoms with E-state index in [9.17, 15) is 14.4 Å². The fourth-order valence-corrected chi connectivity index (χ4v) is 6.42. The molecular formula is C34H36ClN7O4. The van der Waals surface area contributed by atoms with Crippen molar-refractivity contribution < 1.29 is 9.53 Å². The lowest BCUT2D eigenvalue weighted by atomic mass is 10.0. The van der Waals surface area contributed by atoms with Crippen LogP contribution in [0, 0.1) is 0 Å². The zero-order chi connectivity index (χ0) is 32.6. The number of piperidine rings is 1. The monoisotopic (exact) mass is 641 g/mol. The lowest BCUT2D eigenvalue weighted by Crippen LogP contribution is -2.46. The first-order valence-electron chi connectivity index (χ1n) is 15.3. The number of aromatic nitrogens is 4. The maximum Gasteiger partial charge on any atom is 0.407 e. The van der Waals surface area contributed by atoms with Crippen LogP contribution in [0.15, 0.2) is 76.7 Å². The number of amides is 1. The van der Waals surface area contributed by atoms with Gasteiger partial charge in [0, 0.05) is 42.5 Å². The number of carbonyl (C=O) groups excluding carboxylic acids is 1. The maximum absolute atomic E-state index is 14.6. The average Bonchev–Trinajstić information content (AvgIpc) is 3.02. The molecule has 0 radical (unpaired) electrons. The number of hydrogen-bond donors (Lipinski definition) is 3. The molecule has 1 saturated heterocycles. The topological polar surface area (TPSA) is 134 Å². The number of H-pyrrole nitrogens is 1. The molecule has 0 aliphatic carbocycles. The number of para-hydroxylation sites is 1. The molecule has 6 rings (SSSR count). The molecule has 1 unspecified atom stereocenters. The van der Waals surface area contributed by atoms with E-state index in [1.165, 1.54) is 18.6 Å². The fourth-order valence-electron chi connectivity index (χ4n) is 6.02. The zero-order valence-electron chi connectivity index (χ0n) is 26.1. The van der Waals surface area contributed by atoms with Crippen molar-refractivity contribution in [2.24, 2.45) is 0 Å². The number of anilines is 2. The molecule has 0 saturated carbocycles. The minimum atomic E-state index is -0.572. The second-order valence-corrected chi connectivity index (χ2v) is 12.8. The van der Waals surface area contributed by atoms with Gasteiger partial charge in [0.25, 0.3) is 5.56 Å². The van der Waals surface area contributed by atoms with Crippen molar-refractivity contribution in [1.29, 1.82) is 0 Å². The van der Waals surface area contributed by atoms with E-state index < -0.39 is 17.7 Å². The number of carbonyl (C=O) groups is 1. The summed E-state index contributed by atoms with van der Waals surface area (Å²) in [7, 11) is 0. The van der Waals surface area contributed by atoms with Gasteiger partial charge in [-0.1, -0.05) is 41.9 Å². The number of nitrogens with one attached hydrogen (secondary N) is 3. The van der Waals surface area contributed by atoms with Crippen LogP contribution in [-0.2, 0) is 4.74 Å². The van der Waals surface area contributed by atoms with E-state index in [4.69, 9.17) is 16.3 Å².